The van der Waals surface area contributed by atoms with Gasteiger partial charge in [0.25, 0.3) is 0 Å². The first-order valence-corrected chi connectivity index (χ1v) is 18.3. The summed E-state index contributed by atoms with van der Waals surface area (Å²) in [6, 6.07) is 10.8. The molecule has 4 atom stereocenters. The maximum atomic E-state index is 13.6. The number of carboxylic acids is 2. The molecule has 2 fully saturated rings. The quantitative estimate of drug-likeness (QED) is 0.106. The average Bonchev–Trinajstić information content (AvgIpc) is 4.03. The molecule has 6 N–H and O–H groups in total. The van der Waals surface area contributed by atoms with Gasteiger partial charge in [0.15, 0.2) is 0 Å². The van der Waals surface area contributed by atoms with Gasteiger partial charge >= 0.3 is 24.1 Å². The minimum absolute atomic E-state index is 0.0769. The number of amides is 4. The number of carboxylic acid groups (broad SMARTS) is 2. The van der Waals surface area contributed by atoms with Crippen molar-refractivity contribution in [2.45, 2.75) is 75.5 Å². The second-order valence-corrected chi connectivity index (χ2v) is 13.7. The molecule has 4 heterocycles. The lowest BCUT2D eigenvalue weighted by molar-refractivity contribution is -0.140. The Balaban J connectivity index is 1.15. The van der Waals surface area contributed by atoms with E-state index in [1.807, 2.05) is 42.5 Å². The van der Waals surface area contributed by atoms with Gasteiger partial charge in [0.1, 0.15) is 23.7 Å². The molecule has 0 bridgehead atoms. The second kappa shape index (κ2) is 17.3. The fourth-order valence-electron chi connectivity index (χ4n) is 7.34. The first-order valence-electron chi connectivity index (χ1n) is 18.3. The average molecular weight is 773 g/mol. The molecule has 0 spiro atoms. The SMILES string of the molecule is COC(=O)N[C@@H](CCC(=O)O)C(=O)N1CCC[C@H]1c1ncc(-c2ccc(-c3ccc4nc([C@@H]5CCCN5C(=O)[C@H](CCC(=O)O)NC(=O)OC)[nH]c4c3)cc2)[nH]1. The van der Waals surface area contributed by atoms with Crippen LogP contribution in [-0.4, -0.2) is 115 Å². The van der Waals surface area contributed by atoms with Crippen LogP contribution in [0, 0.1) is 0 Å². The third kappa shape index (κ3) is 8.90. The van der Waals surface area contributed by atoms with E-state index in [1.54, 1.807) is 16.0 Å². The topological polar surface area (TPSA) is 249 Å². The number of aromatic nitrogens is 4. The van der Waals surface area contributed by atoms with Crippen molar-refractivity contribution in [1.82, 2.24) is 40.4 Å². The first kappa shape index (κ1) is 39.2. The predicted molar refractivity (Wildman–Crippen MR) is 199 cm³/mol. The van der Waals surface area contributed by atoms with E-state index in [9.17, 15) is 33.9 Å². The van der Waals surface area contributed by atoms with Crippen molar-refractivity contribution < 1.29 is 48.5 Å². The van der Waals surface area contributed by atoms with E-state index < -0.39 is 48.0 Å². The number of carbonyl (C=O) groups is 6. The van der Waals surface area contributed by atoms with Crippen LogP contribution in [-0.2, 0) is 28.7 Å². The minimum atomic E-state index is -1.08. The van der Waals surface area contributed by atoms with Gasteiger partial charge in [0, 0.05) is 25.9 Å². The molecule has 2 aromatic carbocycles. The van der Waals surface area contributed by atoms with Crippen LogP contribution in [0.3, 0.4) is 0 Å². The third-order valence-electron chi connectivity index (χ3n) is 10.2. The summed E-state index contributed by atoms with van der Waals surface area (Å²) >= 11 is 0. The summed E-state index contributed by atoms with van der Waals surface area (Å²) in [5.74, 6) is -1.76. The van der Waals surface area contributed by atoms with Crippen LogP contribution in [0.15, 0.2) is 48.7 Å². The van der Waals surface area contributed by atoms with E-state index >= 15 is 0 Å². The van der Waals surface area contributed by atoms with E-state index in [1.165, 1.54) is 14.2 Å². The number of nitrogens with zero attached hydrogens (tertiary/aromatic N) is 4. The predicted octanol–water partition coefficient (Wildman–Crippen LogP) is 4.13. The molecular formula is C38H44N8O10. The molecule has 2 aliphatic heterocycles. The molecule has 0 radical (unpaired) electrons. The summed E-state index contributed by atoms with van der Waals surface area (Å²) in [5, 5.41) is 23.3. The van der Waals surface area contributed by atoms with Crippen molar-refractivity contribution in [3.05, 3.63) is 60.3 Å². The number of H-pyrrole nitrogens is 2. The zero-order valence-corrected chi connectivity index (χ0v) is 30.9. The normalized spacial score (nSPS) is 17.7. The fraction of sp³-hybridized carbons (Fsp3) is 0.421. The largest absolute Gasteiger partial charge is 0.481 e. The fourth-order valence-corrected chi connectivity index (χ4v) is 7.34. The summed E-state index contributed by atoms with van der Waals surface area (Å²) in [4.78, 5) is 92.7. The molecule has 2 saturated heterocycles. The van der Waals surface area contributed by atoms with Crippen molar-refractivity contribution in [3.8, 4) is 22.4 Å². The Morgan fingerprint density at radius 3 is 1.80 bits per heavy atom. The highest BCUT2D eigenvalue weighted by Gasteiger charge is 2.38. The number of imidazole rings is 2. The third-order valence-corrected chi connectivity index (χ3v) is 10.2. The molecule has 296 valence electrons. The summed E-state index contributed by atoms with van der Waals surface area (Å²) < 4.78 is 9.31. The van der Waals surface area contributed by atoms with Crippen LogP contribution >= 0.6 is 0 Å². The Hall–Kier alpha value is -6.46. The monoisotopic (exact) mass is 772 g/mol. The lowest BCUT2D eigenvalue weighted by Gasteiger charge is -2.28. The number of rotatable bonds is 14. The van der Waals surface area contributed by atoms with Crippen LogP contribution in [0.1, 0.15) is 75.1 Å². The van der Waals surface area contributed by atoms with Gasteiger partial charge < -0.3 is 50.1 Å². The Morgan fingerprint density at radius 2 is 1.27 bits per heavy atom. The Labute approximate surface area is 321 Å². The van der Waals surface area contributed by atoms with E-state index in [-0.39, 0.29) is 37.8 Å². The van der Waals surface area contributed by atoms with E-state index in [0.717, 1.165) is 27.9 Å². The van der Waals surface area contributed by atoms with Gasteiger partial charge in [-0.05, 0) is 67.3 Å². The number of carbonyl (C=O) groups excluding carboxylic acids is 4. The number of likely N-dealkylation sites (tertiary alicyclic amines) is 2. The molecule has 56 heavy (non-hydrogen) atoms. The molecule has 2 aliphatic rings. The molecule has 4 aromatic rings. The van der Waals surface area contributed by atoms with Gasteiger partial charge in [0.05, 0.1) is 49.2 Å². The second-order valence-electron chi connectivity index (χ2n) is 13.7. The highest BCUT2D eigenvalue weighted by molar-refractivity contribution is 5.88. The van der Waals surface area contributed by atoms with Crippen molar-refractivity contribution in [1.29, 1.82) is 0 Å². The van der Waals surface area contributed by atoms with Crippen LogP contribution < -0.4 is 10.6 Å². The number of methoxy groups -OCH3 is 2. The maximum Gasteiger partial charge on any atom is 0.407 e. The van der Waals surface area contributed by atoms with Crippen molar-refractivity contribution in [2.75, 3.05) is 27.3 Å². The Morgan fingerprint density at radius 1 is 0.750 bits per heavy atom. The van der Waals surface area contributed by atoms with Crippen LogP contribution in [0.2, 0.25) is 0 Å². The van der Waals surface area contributed by atoms with Crippen LogP contribution in [0.5, 0.6) is 0 Å². The molecular weight excluding hydrogens is 728 g/mol. The molecule has 0 aliphatic carbocycles. The Bertz CT molecular complexity index is 2100. The van der Waals surface area contributed by atoms with E-state index in [2.05, 4.69) is 35.1 Å². The van der Waals surface area contributed by atoms with Gasteiger partial charge in [-0.2, -0.15) is 0 Å². The van der Waals surface area contributed by atoms with Gasteiger partial charge in [-0.3, -0.25) is 19.2 Å². The smallest absolute Gasteiger partial charge is 0.407 e. The zero-order valence-electron chi connectivity index (χ0n) is 30.9. The molecule has 6 rings (SSSR count). The summed E-state index contributed by atoms with van der Waals surface area (Å²) in [6.07, 6.45) is 2.05. The van der Waals surface area contributed by atoms with Gasteiger partial charge in [0.2, 0.25) is 11.8 Å². The van der Waals surface area contributed by atoms with Crippen LogP contribution in [0.25, 0.3) is 33.4 Å². The van der Waals surface area contributed by atoms with Gasteiger partial charge in [-0.25, -0.2) is 19.6 Å². The number of hydrogen-bond acceptors (Lipinski definition) is 10. The summed E-state index contributed by atoms with van der Waals surface area (Å²) in [5.41, 5.74) is 4.98. The maximum absolute atomic E-state index is 13.6. The summed E-state index contributed by atoms with van der Waals surface area (Å²) in [7, 11) is 2.35. The lowest BCUT2D eigenvalue weighted by Crippen LogP contribution is -2.48. The number of hydrogen-bond donors (Lipinski definition) is 6. The number of fused-ring (bicyclic) bond motifs is 1. The number of benzene rings is 2. The zero-order chi connectivity index (χ0) is 39.9. The number of nitrogens with one attached hydrogen (secondary N) is 4. The van der Waals surface area contributed by atoms with Crippen LogP contribution in [0.4, 0.5) is 9.59 Å². The minimum Gasteiger partial charge on any atom is -0.481 e. The molecule has 18 heteroatoms. The van der Waals surface area contributed by atoms with Gasteiger partial charge in [-0.1, -0.05) is 30.3 Å². The molecule has 18 nitrogen and oxygen atoms in total. The van der Waals surface area contributed by atoms with E-state index in [0.29, 0.717) is 55.9 Å². The number of ether oxygens (including phenoxy) is 2. The van der Waals surface area contributed by atoms with E-state index in [4.69, 9.17) is 10.1 Å². The molecule has 4 amide bonds. The molecule has 2 aromatic heterocycles. The summed E-state index contributed by atoms with van der Waals surface area (Å²) in [6.45, 7) is 0.868. The Kier molecular flexibility index (Phi) is 12.2. The number of alkyl carbamates (subject to hydrolysis) is 2. The van der Waals surface area contributed by atoms with Crippen molar-refractivity contribution >= 4 is 47.0 Å². The molecule has 0 saturated carbocycles. The highest BCUT2D eigenvalue weighted by atomic mass is 16.5. The van der Waals surface area contributed by atoms with Gasteiger partial charge in [-0.15, -0.1) is 0 Å². The first-order chi connectivity index (χ1) is 26.9. The van der Waals surface area contributed by atoms with Crippen molar-refractivity contribution in [2.24, 2.45) is 0 Å². The molecule has 0 unspecified atom stereocenters. The lowest BCUT2D eigenvalue weighted by atomic mass is 10.0. The highest BCUT2D eigenvalue weighted by Crippen LogP contribution is 2.35. The number of aromatic amines is 2. The standard InChI is InChI=1S/C38H44N8O10/c1-55-37(53)43-25(13-15-31(47)48)35(51)45-17-3-5-29(45)33-39-20-28(42-33)22-9-7-21(8-10-22)23-11-12-24-27(19-23)41-34(40-24)30-6-4-18-46(30)36(52)26(14-16-32(49)50)44-38(54)56-2/h7-12,19-20,25-26,29-30H,3-6,13-18H2,1-2H3,(H,39,42)(H,40,41)(H,43,53)(H,44,54)(H,47,48)(H,49,50)/t25-,26-,29-,30-/m0/s1. The van der Waals surface area contributed by atoms with Crippen molar-refractivity contribution in [3.63, 3.8) is 0 Å². The number of aliphatic carboxylic acids is 2.